The first kappa shape index (κ1) is 26.7. The Morgan fingerprint density at radius 2 is 0.913 bits per heavy atom. The van der Waals surface area contributed by atoms with Crippen molar-refractivity contribution in [2.45, 2.75) is 0 Å². The van der Waals surface area contributed by atoms with E-state index in [1.807, 2.05) is 11.3 Å². The van der Waals surface area contributed by atoms with E-state index in [4.69, 9.17) is 0 Å². The van der Waals surface area contributed by atoms with E-state index in [0.717, 1.165) is 17.1 Å². The second-order valence-electron chi connectivity index (χ2n) is 11.8. The molecule has 1 heterocycles. The third-order valence-electron chi connectivity index (χ3n) is 9.03. The third-order valence-corrected chi connectivity index (χ3v) is 10.2. The molecule has 0 aliphatic carbocycles. The van der Waals surface area contributed by atoms with E-state index in [2.05, 4.69) is 181 Å². The van der Waals surface area contributed by atoms with Crippen molar-refractivity contribution in [2.24, 2.45) is 0 Å². The summed E-state index contributed by atoms with van der Waals surface area (Å²) in [7, 11) is 0. The fourth-order valence-electron chi connectivity index (χ4n) is 6.85. The third kappa shape index (κ3) is 4.54. The van der Waals surface area contributed by atoms with Gasteiger partial charge in [0.2, 0.25) is 0 Å². The van der Waals surface area contributed by atoms with Crippen LogP contribution in [0, 0.1) is 0 Å². The molecule has 1 aromatic heterocycles. The van der Waals surface area contributed by atoms with Crippen LogP contribution in [0.2, 0.25) is 0 Å². The van der Waals surface area contributed by atoms with Crippen LogP contribution in [-0.2, 0) is 0 Å². The van der Waals surface area contributed by atoms with Gasteiger partial charge in [0.05, 0.1) is 5.69 Å². The number of fused-ring (bicyclic) bond motifs is 5. The van der Waals surface area contributed by atoms with E-state index >= 15 is 0 Å². The highest BCUT2D eigenvalue weighted by atomic mass is 32.1. The van der Waals surface area contributed by atoms with Crippen molar-refractivity contribution in [3.63, 3.8) is 0 Å². The summed E-state index contributed by atoms with van der Waals surface area (Å²) in [5.41, 5.74) is 8.27. The van der Waals surface area contributed by atoms with Gasteiger partial charge in [-0.15, -0.1) is 11.3 Å². The summed E-state index contributed by atoms with van der Waals surface area (Å²) >= 11 is 1.87. The molecule has 0 spiro atoms. The number of hydrogen-bond acceptors (Lipinski definition) is 2. The molecule has 216 valence electrons. The molecule has 9 aromatic rings. The molecule has 2 heteroatoms. The SMILES string of the molecule is c1cc(-c2ccc3c(c2)sc2ccccc23)cc(N(c2cccc(-c3cccc4ccccc34)c2)c2cccc3ccccc23)c1. The Kier molecular flexibility index (Phi) is 6.40. The summed E-state index contributed by atoms with van der Waals surface area (Å²) in [5, 5.41) is 7.61. The number of nitrogens with zero attached hydrogens (tertiary/aromatic N) is 1. The Hall–Kier alpha value is -5.70. The molecule has 0 aliphatic rings. The number of thiophene rings is 1. The first-order valence-corrected chi connectivity index (χ1v) is 16.5. The van der Waals surface area contributed by atoms with Gasteiger partial charge in [0.25, 0.3) is 0 Å². The van der Waals surface area contributed by atoms with Gasteiger partial charge in [-0.05, 0) is 80.9 Å². The molecule has 9 rings (SSSR count). The molecular formula is C44H29NS. The summed E-state index contributed by atoms with van der Waals surface area (Å²) in [6.07, 6.45) is 0. The van der Waals surface area contributed by atoms with Crippen LogP contribution in [0.4, 0.5) is 17.1 Å². The maximum absolute atomic E-state index is 2.42. The van der Waals surface area contributed by atoms with Gasteiger partial charge in [-0.1, -0.05) is 133 Å². The summed E-state index contributed by atoms with van der Waals surface area (Å²) in [4.78, 5) is 2.42. The maximum atomic E-state index is 2.42. The van der Waals surface area contributed by atoms with E-state index in [-0.39, 0.29) is 0 Å². The van der Waals surface area contributed by atoms with Crippen LogP contribution in [0.1, 0.15) is 0 Å². The highest BCUT2D eigenvalue weighted by Gasteiger charge is 2.17. The van der Waals surface area contributed by atoms with Crippen LogP contribution in [0.25, 0.3) is 64.0 Å². The molecule has 0 unspecified atom stereocenters. The van der Waals surface area contributed by atoms with E-state index < -0.39 is 0 Å². The van der Waals surface area contributed by atoms with Gasteiger partial charge >= 0.3 is 0 Å². The fraction of sp³-hybridized carbons (Fsp3) is 0. The van der Waals surface area contributed by atoms with E-state index in [0.29, 0.717) is 0 Å². The first-order valence-electron chi connectivity index (χ1n) is 15.7. The molecular weight excluding hydrogens is 575 g/mol. The van der Waals surface area contributed by atoms with Gasteiger partial charge in [-0.3, -0.25) is 0 Å². The molecule has 0 saturated heterocycles. The van der Waals surface area contributed by atoms with Gasteiger partial charge < -0.3 is 4.90 Å². The quantitative estimate of drug-likeness (QED) is 0.189. The lowest BCUT2D eigenvalue weighted by Crippen LogP contribution is -2.10. The lowest BCUT2D eigenvalue weighted by atomic mass is 9.97. The van der Waals surface area contributed by atoms with Crippen molar-refractivity contribution >= 4 is 70.1 Å². The molecule has 0 saturated carbocycles. The van der Waals surface area contributed by atoms with Crippen molar-refractivity contribution in [3.8, 4) is 22.3 Å². The molecule has 0 aliphatic heterocycles. The van der Waals surface area contributed by atoms with E-state index in [9.17, 15) is 0 Å². The monoisotopic (exact) mass is 603 g/mol. The number of rotatable bonds is 5. The Balaban J connectivity index is 1.22. The van der Waals surface area contributed by atoms with Crippen LogP contribution in [0.15, 0.2) is 176 Å². The second kappa shape index (κ2) is 11.0. The standard InChI is InChI=1S/C44H29NS/c1-3-19-37-30(11-1)13-9-22-38(37)34-16-8-18-36(28-34)45(42-23-10-14-31-12-2-4-20-39(31)42)35-17-7-15-32(27-35)33-25-26-41-40-21-5-6-24-43(40)46-44(41)29-33/h1-29H. The number of hydrogen-bond donors (Lipinski definition) is 0. The van der Waals surface area contributed by atoms with Gasteiger partial charge in [0.15, 0.2) is 0 Å². The highest BCUT2D eigenvalue weighted by Crippen LogP contribution is 2.43. The fourth-order valence-corrected chi connectivity index (χ4v) is 8.00. The van der Waals surface area contributed by atoms with Gasteiger partial charge in [-0.25, -0.2) is 0 Å². The predicted molar refractivity (Wildman–Crippen MR) is 200 cm³/mol. The maximum Gasteiger partial charge on any atom is 0.0540 e. The summed E-state index contributed by atoms with van der Waals surface area (Å²) < 4.78 is 2.65. The molecule has 0 atom stereocenters. The molecule has 0 bridgehead atoms. The average Bonchev–Trinajstić information content (AvgIpc) is 3.50. The minimum atomic E-state index is 1.12. The molecule has 1 nitrogen and oxygen atoms in total. The summed E-state index contributed by atoms with van der Waals surface area (Å²) in [6, 6.07) is 64.0. The van der Waals surface area contributed by atoms with Gasteiger partial charge in [0, 0.05) is 36.9 Å². The van der Waals surface area contributed by atoms with Crippen LogP contribution < -0.4 is 4.90 Å². The lowest BCUT2D eigenvalue weighted by Gasteiger charge is -2.28. The highest BCUT2D eigenvalue weighted by molar-refractivity contribution is 7.25. The van der Waals surface area contributed by atoms with Crippen LogP contribution in [0.5, 0.6) is 0 Å². The normalized spacial score (nSPS) is 11.5. The molecule has 0 N–H and O–H groups in total. The number of benzene rings is 8. The molecule has 0 radical (unpaired) electrons. The van der Waals surface area contributed by atoms with Gasteiger partial charge in [0.1, 0.15) is 0 Å². The summed E-state index contributed by atoms with van der Waals surface area (Å²) in [5.74, 6) is 0. The van der Waals surface area contributed by atoms with Crippen molar-refractivity contribution in [3.05, 3.63) is 176 Å². The Morgan fingerprint density at radius 1 is 0.348 bits per heavy atom. The van der Waals surface area contributed by atoms with Crippen LogP contribution >= 0.6 is 11.3 Å². The van der Waals surface area contributed by atoms with E-state index in [1.54, 1.807) is 0 Å². The van der Waals surface area contributed by atoms with Gasteiger partial charge in [-0.2, -0.15) is 0 Å². The lowest BCUT2D eigenvalue weighted by molar-refractivity contribution is 1.30. The molecule has 8 aromatic carbocycles. The minimum Gasteiger partial charge on any atom is -0.310 e. The largest absolute Gasteiger partial charge is 0.310 e. The van der Waals surface area contributed by atoms with Crippen LogP contribution in [-0.4, -0.2) is 0 Å². The predicted octanol–water partition coefficient (Wildman–Crippen LogP) is 13.2. The Bertz CT molecular complexity index is 2550. The average molecular weight is 604 g/mol. The Labute approximate surface area is 272 Å². The molecule has 46 heavy (non-hydrogen) atoms. The Morgan fingerprint density at radius 3 is 1.74 bits per heavy atom. The van der Waals surface area contributed by atoms with Crippen molar-refractivity contribution in [2.75, 3.05) is 4.90 Å². The first-order chi connectivity index (χ1) is 22.8. The van der Waals surface area contributed by atoms with Crippen molar-refractivity contribution in [1.29, 1.82) is 0 Å². The topological polar surface area (TPSA) is 3.24 Å². The molecule has 0 amide bonds. The van der Waals surface area contributed by atoms with E-state index in [1.165, 1.54) is 64.0 Å². The van der Waals surface area contributed by atoms with Crippen LogP contribution in [0.3, 0.4) is 0 Å². The smallest absolute Gasteiger partial charge is 0.0540 e. The zero-order valence-corrected chi connectivity index (χ0v) is 25.9. The number of anilines is 3. The summed E-state index contributed by atoms with van der Waals surface area (Å²) in [6.45, 7) is 0. The zero-order chi connectivity index (χ0) is 30.5. The minimum absolute atomic E-state index is 1.12. The molecule has 0 fully saturated rings. The van der Waals surface area contributed by atoms with Crippen molar-refractivity contribution < 1.29 is 0 Å². The van der Waals surface area contributed by atoms with Crippen molar-refractivity contribution in [1.82, 2.24) is 0 Å². The zero-order valence-electron chi connectivity index (χ0n) is 25.1. The second-order valence-corrected chi connectivity index (χ2v) is 12.9.